The molecule has 0 aliphatic carbocycles. The summed E-state index contributed by atoms with van der Waals surface area (Å²) in [4.78, 5) is 12.1. The van der Waals surface area contributed by atoms with E-state index in [9.17, 15) is 4.79 Å². The molecule has 15 heavy (non-hydrogen) atoms. The van der Waals surface area contributed by atoms with Crippen LogP contribution in [-0.2, 0) is 4.79 Å². The van der Waals surface area contributed by atoms with Gasteiger partial charge >= 0.3 is 0 Å². The van der Waals surface area contributed by atoms with E-state index in [1.807, 2.05) is 13.8 Å². The van der Waals surface area contributed by atoms with Gasteiger partial charge in [-0.2, -0.15) is 0 Å². The van der Waals surface area contributed by atoms with E-state index in [2.05, 4.69) is 39.9 Å². The van der Waals surface area contributed by atoms with Crippen LogP contribution in [-0.4, -0.2) is 17.4 Å². The van der Waals surface area contributed by atoms with Crippen molar-refractivity contribution in [1.29, 1.82) is 0 Å². The first-order valence-electron chi connectivity index (χ1n) is 5.89. The summed E-state index contributed by atoms with van der Waals surface area (Å²) in [7, 11) is 0. The van der Waals surface area contributed by atoms with Crippen molar-refractivity contribution in [2.75, 3.05) is 0 Å². The van der Waals surface area contributed by atoms with Crippen LogP contribution in [0.3, 0.4) is 0 Å². The molecule has 1 unspecified atom stereocenters. The van der Waals surface area contributed by atoms with Crippen LogP contribution in [0.5, 0.6) is 0 Å². The molecule has 1 N–H and O–H groups in total. The molecule has 0 heterocycles. The molecular weight excluding hydrogens is 186 g/mol. The lowest BCUT2D eigenvalue weighted by atomic mass is 9.83. The fourth-order valence-corrected chi connectivity index (χ4v) is 1.50. The molecule has 0 aliphatic rings. The van der Waals surface area contributed by atoms with Gasteiger partial charge in [0, 0.05) is 12.5 Å². The monoisotopic (exact) mass is 213 g/mol. The van der Waals surface area contributed by atoms with Crippen molar-refractivity contribution in [2.24, 2.45) is 5.41 Å². The fraction of sp³-hybridized carbons (Fsp3) is 0.923. The lowest BCUT2D eigenvalue weighted by Gasteiger charge is -2.31. The summed E-state index contributed by atoms with van der Waals surface area (Å²) in [5, 5.41) is 3.38. The van der Waals surface area contributed by atoms with Crippen LogP contribution in [0.2, 0.25) is 0 Å². The smallest absolute Gasteiger partial charge is 0.152 e. The zero-order chi connectivity index (χ0) is 12.3. The van der Waals surface area contributed by atoms with Crippen molar-refractivity contribution in [3.8, 4) is 0 Å². The fourth-order valence-electron chi connectivity index (χ4n) is 1.50. The molecule has 0 aromatic rings. The van der Waals surface area contributed by atoms with E-state index < -0.39 is 5.54 Å². The van der Waals surface area contributed by atoms with Crippen molar-refractivity contribution in [3.63, 3.8) is 0 Å². The summed E-state index contributed by atoms with van der Waals surface area (Å²) >= 11 is 0. The van der Waals surface area contributed by atoms with Crippen molar-refractivity contribution in [3.05, 3.63) is 0 Å². The standard InChI is InChI=1S/C13H27NO/c1-8-10(2)14-13(6,7)11(15)9-12(3,4)5/h10,14H,8-9H2,1-7H3. The highest BCUT2D eigenvalue weighted by Gasteiger charge is 2.30. The van der Waals surface area contributed by atoms with Crippen LogP contribution in [0.4, 0.5) is 0 Å². The molecule has 0 bridgehead atoms. The summed E-state index contributed by atoms with van der Waals surface area (Å²) < 4.78 is 0. The van der Waals surface area contributed by atoms with Gasteiger partial charge in [0.15, 0.2) is 5.78 Å². The number of hydrogen-bond donors (Lipinski definition) is 1. The molecule has 0 rings (SSSR count). The zero-order valence-corrected chi connectivity index (χ0v) is 11.4. The Labute approximate surface area is 94.8 Å². The van der Waals surface area contributed by atoms with Gasteiger partial charge in [0.25, 0.3) is 0 Å². The van der Waals surface area contributed by atoms with Crippen LogP contribution >= 0.6 is 0 Å². The van der Waals surface area contributed by atoms with Crippen LogP contribution in [0.15, 0.2) is 0 Å². The number of carbonyl (C=O) groups excluding carboxylic acids is 1. The molecule has 0 fully saturated rings. The summed E-state index contributed by atoms with van der Waals surface area (Å²) in [6.45, 7) is 14.5. The largest absolute Gasteiger partial charge is 0.303 e. The minimum Gasteiger partial charge on any atom is -0.303 e. The van der Waals surface area contributed by atoms with Gasteiger partial charge in [0.1, 0.15) is 0 Å². The molecule has 0 aromatic carbocycles. The Balaban J connectivity index is 4.39. The molecule has 0 aromatic heterocycles. The number of carbonyl (C=O) groups is 1. The molecule has 0 saturated heterocycles. The number of rotatable bonds is 5. The highest BCUT2D eigenvalue weighted by atomic mass is 16.1. The molecule has 2 nitrogen and oxygen atoms in total. The predicted molar refractivity (Wildman–Crippen MR) is 66.0 cm³/mol. The van der Waals surface area contributed by atoms with Crippen LogP contribution in [0.25, 0.3) is 0 Å². The Morgan fingerprint density at radius 3 is 2.00 bits per heavy atom. The van der Waals surface area contributed by atoms with Crippen molar-refractivity contribution in [1.82, 2.24) is 5.32 Å². The van der Waals surface area contributed by atoms with E-state index in [-0.39, 0.29) is 5.41 Å². The molecule has 1 atom stereocenters. The quantitative estimate of drug-likeness (QED) is 0.760. The Bertz CT molecular complexity index is 213. The zero-order valence-electron chi connectivity index (χ0n) is 11.4. The Morgan fingerprint density at radius 1 is 1.20 bits per heavy atom. The van der Waals surface area contributed by atoms with Gasteiger partial charge in [-0.05, 0) is 32.6 Å². The third-order valence-electron chi connectivity index (χ3n) is 2.61. The van der Waals surface area contributed by atoms with Crippen molar-refractivity contribution >= 4 is 5.78 Å². The topological polar surface area (TPSA) is 29.1 Å². The summed E-state index contributed by atoms with van der Waals surface area (Å²) in [6.07, 6.45) is 1.68. The minimum absolute atomic E-state index is 0.0749. The van der Waals surface area contributed by atoms with Gasteiger partial charge in [-0.15, -0.1) is 0 Å². The first-order chi connectivity index (χ1) is 6.58. The van der Waals surface area contributed by atoms with E-state index in [4.69, 9.17) is 0 Å². The summed E-state index contributed by atoms with van der Waals surface area (Å²) in [5.41, 5.74) is -0.325. The number of hydrogen-bond acceptors (Lipinski definition) is 2. The third kappa shape index (κ3) is 5.93. The highest BCUT2D eigenvalue weighted by Crippen LogP contribution is 2.23. The lowest BCUT2D eigenvalue weighted by molar-refractivity contribution is -0.126. The minimum atomic E-state index is -0.400. The lowest BCUT2D eigenvalue weighted by Crippen LogP contribution is -2.51. The second kappa shape index (κ2) is 5.11. The summed E-state index contributed by atoms with van der Waals surface area (Å²) in [5.74, 6) is 0.301. The molecule has 0 amide bonds. The molecule has 0 radical (unpaired) electrons. The first kappa shape index (κ1) is 14.6. The normalized spacial score (nSPS) is 15.1. The third-order valence-corrected chi connectivity index (χ3v) is 2.61. The number of nitrogens with one attached hydrogen (secondary N) is 1. The SMILES string of the molecule is CCC(C)NC(C)(C)C(=O)CC(C)(C)C. The van der Waals surface area contributed by atoms with Crippen LogP contribution in [0, 0.1) is 5.41 Å². The first-order valence-corrected chi connectivity index (χ1v) is 5.89. The van der Waals surface area contributed by atoms with Gasteiger partial charge < -0.3 is 5.32 Å². The van der Waals surface area contributed by atoms with Crippen LogP contribution in [0.1, 0.15) is 61.3 Å². The molecule has 0 spiro atoms. The molecular formula is C13H27NO. The van der Waals surface area contributed by atoms with E-state index >= 15 is 0 Å². The maximum atomic E-state index is 12.1. The van der Waals surface area contributed by atoms with Gasteiger partial charge in [0.2, 0.25) is 0 Å². The van der Waals surface area contributed by atoms with E-state index in [0.29, 0.717) is 18.2 Å². The van der Waals surface area contributed by atoms with E-state index in [1.54, 1.807) is 0 Å². The highest BCUT2D eigenvalue weighted by molar-refractivity contribution is 5.88. The Morgan fingerprint density at radius 2 is 1.67 bits per heavy atom. The van der Waals surface area contributed by atoms with Crippen molar-refractivity contribution < 1.29 is 4.79 Å². The van der Waals surface area contributed by atoms with E-state index in [0.717, 1.165) is 6.42 Å². The Hall–Kier alpha value is -0.370. The molecule has 0 aliphatic heterocycles. The maximum Gasteiger partial charge on any atom is 0.152 e. The van der Waals surface area contributed by atoms with Gasteiger partial charge in [0.05, 0.1) is 5.54 Å². The van der Waals surface area contributed by atoms with Gasteiger partial charge in [-0.25, -0.2) is 0 Å². The maximum absolute atomic E-state index is 12.1. The molecule has 90 valence electrons. The average molecular weight is 213 g/mol. The second-order valence-electron chi connectivity index (χ2n) is 6.24. The van der Waals surface area contributed by atoms with Crippen molar-refractivity contribution in [2.45, 2.75) is 72.9 Å². The predicted octanol–water partition coefficient (Wildman–Crippen LogP) is 3.16. The van der Waals surface area contributed by atoms with Gasteiger partial charge in [-0.3, -0.25) is 4.79 Å². The Kier molecular flexibility index (Phi) is 4.98. The summed E-state index contributed by atoms with van der Waals surface area (Å²) in [6, 6.07) is 0.393. The molecule has 2 heteroatoms. The van der Waals surface area contributed by atoms with E-state index in [1.165, 1.54) is 0 Å². The van der Waals surface area contributed by atoms with Crippen LogP contribution < -0.4 is 5.32 Å². The number of Topliss-reactive ketones (excluding diaryl/α,β-unsaturated/α-hetero) is 1. The second-order valence-corrected chi connectivity index (χ2v) is 6.24. The number of ketones is 1. The van der Waals surface area contributed by atoms with Gasteiger partial charge in [-0.1, -0.05) is 27.7 Å². The molecule has 0 saturated carbocycles. The average Bonchev–Trinajstić information content (AvgIpc) is 2.00.